The van der Waals surface area contributed by atoms with E-state index in [1.54, 1.807) is 25.6 Å². The largest absolute Gasteiger partial charge is 0.493 e. The maximum atomic E-state index is 13.1. The molecule has 2 saturated heterocycles. The van der Waals surface area contributed by atoms with E-state index < -0.39 is 5.41 Å². The number of fused-ring (bicyclic) bond motifs is 1. The molecule has 2 aliphatic heterocycles. The van der Waals surface area contributed by atoms with E-state index in [9.17, 15) is 9.59 Å². The van der Waals surface area contributed by atoms with Crippen molar-refractivity contribution in [3.63, 3.8) is 0 Å². The number of likely N-dealkylation sites (tertiary alicyclic amines) is 1. The van der Waals surface area contributed by atoms with E-state index in [-0.39, 0.29) is 17.9 Å². The number of carbonyl (C=O) groups is 2. The van der Waals surface area contributed by atoms with Crippen LogP contribution < -0.4 is 14.8 Å². The maximum Gasteiger partial charge on any atom is 0.330 e. The third-order valence-corrected chi connectivity index (χ3v) is 8.25. The summed E-state index contributed by atoms with van der Waals surface area (Å²) in [6, 6.07) is 11.9. The van der Waals surface area contributed by atoms with E-state index in [1.165, 1.54) is 5.56 Å². The Morgan fingerprint density at radius 2 is 1.48 bits per heavy atom. The van der Waals surface area contributed by atoms with Gasteiger partial charge in [-0.3, -0.25) is 0 Å². The smallest absolute Gasteiger partial charge is 0.330 e. The topological polar surface area (TPSA) is 106 Å². The Morgan fingerprint density at radius 1 is 0.857 bits per heavy atom. The van der Waals surface area contributed by atoms with E-state index in [0.29, 0.717) is 43.6 Å². The SMILES string of the molecule is COc1cc2ncnc(C3CCN(C(=O)Nc4ccc(C5CCN(OC(=O)C(C)(C)C)CC5)cc4)CC3)c2cc1OC. The highest BCUT2D eigenvalue weighted by Crippen LogP contribution is 2.37. The van der Waals surface area contributed by atoms with Crippen molar-refractivity contribution in [1.82, 2.24) is 19.9 Å². The lowest BCUT2D eigenvalue weighted by molar-refractivity contribution is -0.204. The molecular weight excluding hydrogens is 534 g/mol. The van der Waals surface area contributed by atoms with Crippen LogP contribution in [0.2, 0.25) is 0 Å². The van der Waals surface area contributed by atoms with Crippen LogP contribution in [0.25, 0.3) is 10.9 Å². The van der Waals surface area contributed by atoms with Crippen molar-refractivity contribution in [1.29, 1.82) is 0 Å². The fourth-order valence-electron chi connectivity index (χ4n) is 5.66. The zero-order valence-electron chi connectivity index (χ0n) is 25.2. The number of hydroxylamine groups is 2. The molecule has 2 fully saturated rings. The molecule has 0 saturated carbocycles. The van der Waals surface area contributed by atoms with Crippen molar-refractivity contribution >= 4 is 28.6 Å². The summed E-state index contributed by atoms with van der Waals surface area (Å²) in [4.78, 5) is 41.7. The highest BCUT2D eigenvalue weighted by Gasteiger charge is 2.29. The molecule has 1 aromatic heterocycles. The lowest BCUT2D eigenvalue weighted by Crippen LogP contribution is -2.40. The van der Waals surface area contributed by atoms with Crippen molar-refractivity contribution in [2.75, 3.05) is 45.7 Å². The Morgan fingerprint density at radius 3 is 2.10 bits per heavy atom. The lowest BCUT2D eigenvalue weighted by Gasteiger charge is -2.32. The van der Waals surface area contributed by atoms with Gasteiger partial charge in [-0.05, 0) is 76.1 Å². The first-order valence-corrected chi connectivity index (χ1v) is 14.7. The van der Waals surface area contributed by atoms with E-state index >= 15 is 0 Å². The molecule has 0 unspecified atom stereocenters. The molecule has 3 heterocycles. The molecule has 2 amide bonds. The predicted molar refractivity (Wildman–Crippen MR) is 161 cm³/mol. The van der Waals surface area contributed by atoms with Gasteiger partial charge in [0.05, 0.1) is 30.8 Å². The van der Waals surface area contributed by atoms with Gasteiger partial charge in [0.2, 0.25) is 0 Å². The van der Waals surface area contributed by atoms with Gasteiger partial charge >= 0.3 is 12.0 Å². The number of amides is 2. The first-order chi connectivity index (χ1) is 20.2. The van der Waals surface area contributed by atoms with Gasteiger partial charge in [0.15, 0.2) is 11.5 Å². The van der Waals surface area contributed by atoms with Crippen LogP contribution in [0.1, 0.15) is 69.5 Å². The van der Waals surface area contributed by atoms with Crippen LogP contribution in [-0.4, -0.2) is 72.3 Å². The predicted octanol–water partition coefficient (Wildman–Crippen LogP) is 5.74. The number of carbonyl (C=O) groups excluding carboxylic acids is 2. The summed E-state index contributed by atoms with van der Waals surface area (Å²) in [6.07, 6.45) is 5.06. The normalized spacial score (nSPS) is 17.2. The molecular formula is C32H41N5O5. The summed E-state index contributed by atoms with van der Waals surface area (Å²) in [5.74, 6) is 1.71. The fraction of sp³-hybridized carbons (Fsp3) is 0.500. The van der Waals surface area contributed by atoms with Crippen LogP contribution in [0.4, 0.5) is 10.5 Å². The fourth-order valence-corrected chi connectivity index (χ4v) is 5.66. The van der Waals surface area contributed by atoms with Gasteiger partial charge in [-0.1, -0.05) is 12.1 Å². The number of nitrogens with one attached hydrogen (secondary N) is 1. The second-order valence-corrected chi connectivity index (χ2v) is 12.1. The average Bonchev–Trinajstić information content (AvgIpc) is 3.00. The third kappa shape index (κ3) is 6.59. The van der Waals surface area contributed by atoms with Gasteiger partial charge in [0.25, 0.3) is 0 Å². The molecule has 2 aromatic carbocycles. The Kier molecular flexibility index (Phi) is 8.82. The number of anilines is 1. The zero-order valence-corrected chi connectivity index (χ0v) is 25.2. The van der Waals surface area contributed by atoms with Crippen LogP contribution in [0, 0.1) is 5.41 Å². The summed E-state index contributed by atoms with van der Waals surface area (Å²) in [6.45, 7) is 8.31. The number of urea groups is 1. The van der Waals surface area contributed by atoms with Crippen molar-refractivity contribution in [2.24, 2.45) is 5.41 Å². The highest BCUT2D eigenvalue weighted by molar-refractivity contribution is 5.89. The minimum Gasteiger partial charge on any atom is -0.493 e. The molecule has 224 valence electrons. The Bertz CT molecular complexity index is 1410. The minimum atomic E-state index is -0.511. The van der Waals surface area contributed by atoms with Gasteiger partial charge in [-0.25, -0.2) is 19.6 Å². The van der Waals surface area contributed by atoms with Gasteiger partial charge < -0.3 is 24.5 Å². The Balaban J connectivity index is 1.13. The zero-order chi connectivity index (χ0) is 29.9. The molecule has 42 heavy (non-hydrogen) atoms. The lowest BCUT2D eigenvalue weighted by atomic mass is 9.90. The van der Waals surface area contributed by atoms with Crippen LogP contribution in [0.3, 0.4) is 0 Å². The van der Waals surface area contributed by atoms with Crippen molar-refractivity contribution in [3.8, 4) is 11.5 Å². The minimum absolute atomic E-state index is 0.0888. The van der Waals surface area contributed by atoms with Gasteiger partial charge in [0, 0.05) is 49.2 Å². The molecule has 0 bridgehead atoms. The van der Waals surface area contributed by atoms with E-state index in [2.05, 4.69) is 27.4 Å². The number of rotatable bonds is 6. The molecule has 3 aromatic rings. The monoisotopic (exact) mass is 575 g/mol. The van der Waals surface area contributed by atoms with Crippen LogP contribution in [0.5, 0.6) is 11.5 Å². The highest BCUT2D eigenvalue weighted by atomic mass is 16.7. The number of hydrogen-bond acceptors (Lipinski definition) is 8. The first kappa shape index (κ1) is 29.6. The molecule has 10 heteroatoms. The molecule has 0 aliphatic carbocycles. The van der Waals surface area contributed by atoms with Crippen molar-refractivity contribution in [3.05, 3.63) is 54.0 Å². The molecule has 5 rings (SSSR count). The maximum absolute atomic E-state index is 13.1. The van der Waals surface area contributed by atoms with Crippen LogP contribution in [0.15, 0.2) is 42.7 Å². The summed E-state index contributed by atoms with van der Waals surface area (Å²) in [5.41, 5.74) is 3.31. The van der Waals surface area contributed by atoms with E-state index in [0.717, 1.165) is 48.0 Å². The second kappa shape index (κ2) is 12.5. The summed E-state index contributed by atoms with van der Waals surface area (Å²) < 4.78 is 10.9. The Labute approximate surface area is 247 Å². The average molecular weight is 576 g/mol. The van der Waals surface area contributed by atoms with Crippen molar-refractivity contribution < 1.29 is 23.9 Å². The number of hydrogen-bond donors (Lipinski definition) is 1. The summed E-state index contributed by atoms with van der Waals surface area (Å²) >= 11 is 0. The molecule has 2 aliphatic rings. The quantitative estimate of drug-likeness (QED) is 0.397. The number of piperidine rings is 2. The number of methoxy groups -OCH3 is 2. The van der Waals surface area contributed by atoms with Gasteiger partial charge in [0.1, 0.15) is 6.33 Å². The van der Waals surface area contributed by atoms with Crippen LogP contribution in [-0.2, 0) is 9.63 Å². The number of ether oxygens (including phenoxy) is 2. The number of benzene rings is 2. The number of aromatic nitrogens is 2. The first-order valence-electron chi connectivity index (χ1n) is 14.7. The van der Waals surface area contributed by atoms with E-state index in [4.69, 9.17) is 14.3 Å². The standard InChI is InChI=1S/C32H41N5O5/c1-32(2,3)30(38)42-37-16-12-22(13-17-37)21-6-8-24(9-7-21)35-31(39)36-14-10-23(11-15-36)29-25-18-27(40-4)28(41-5)19-26(25)33-20-34-29/h6-9,18-20,22-23H,10-17H2,1-5H3,(H,35,39). The summed E-state index contributed by atoms with van der Waals surface area (Å²) in [7, 11) is 3.23. The summed E-state index contributed by atoms with van der Waals surface area (Å²) in [5, 5.41) is 5.80. The molecule has 10 nitrogen and oxygen atoms in total. The molecule has 0 radical (unpaired) electrons. The Hall–Kier alpha value is -3.92. The van der Waals surface area contributed by atoms with Gasteiger partial charge in [-0.2, -0.15) is 0 Å². The van der Waals surface area contributed by atoms with Crippen molar-refractivity contribution in [2.45, 2.75) is 58.3 Å². The molecule has 1 N–H and O–H groups in total. The van der Waals surface area contributed by atoms with Gasteiger partial charge in [-0.15, -0.1) is 5.06 Å². The molecule has 0 spiro atoms. The second-order valence-electron chi connectivity index (χ2n) is 12.1. The van der Waals surface area contributed by atoms with E-state index in [1.807, 2.05) is 49.9 Å². The molecule has 0 atom stereocenters. The number of nitrogens with zero attached hydrogens (tertiary/aromatic N) is 4. The van der Waals surface area contributed by atoms with Crippen LogP contribution >= 0.6 is 0 Å². The third-order valence-electron chi connectivity index (χ3n) is 8.25.